The van der Waals surface area contributed by atoms with Crippen molar-refractivity contribution in [3.05, 3.63) is 12.2 Å². The van der Waals surface area contributed by atoms with Crippen molar-refractivity contribution >= 4 is 29.0 Å². The summed E-state index contributed by atoms with van der Waals surface area (Å²) in [5, 5.41) is 0. The summed E-state index contributed by atoms with van der Waals surface area (Å²) in [6.45, 7) is 4.26. The van der Waals surface area contributed by atoms with E-state index in [2.05, 4.69) is 38.6 Å². The quantitative estimate of drug-likeness (QED) is 0.297. The number of rotatable bonds is 5. The van der Waals surface area contributed by atoms with Crippen molar-refractivity contribution in [2.24, 2.45) is 5.92 Å². The highest BCUT2D eigenvalue weighted by molar-refractivity contribution is 8.11. The Morgan fingerprint density at radius 3 is 2.73 bits per heavy atom. The van der Waals surface area contributed by atoms with Crippen LogP contribution in [0.1, 0.15) is 33.1 Å². The van der Waals surface area contributed by atoms with Crippen molar-refractivity contribution in [2.45, 2.75) is 33.1 Å². The van der Waals surface area contributed by atoms with E-state index in [9.17, 15) is 0 Å². The van der Waals surface area contributed by atoms with Gasteiger partial charge in [-0.25, -0.2) is 0 Å². The van der Waals surface area contributed by atoms with E-state index in [1.807, 2.05) is 0 Å². The maximum atomic E-state index is 4.91. The average molecular weight is 188 g/mol. The van der Waals surface area contributed by atoms with Crippen LogP contribution in [0.3, 0.4) is 0 Å². The molecule has 0 saturated heterocycles. The topological polar surface area (TPSA) is 0 Å². The highest BCUT2D eigenvalue weighted by atomic mass is 32.1. The Bertz CT molecular complexity index is 138. The third kappa shape index (κ3) is 6.57. The summed E-state index contributed by atoms with van der Waals surface area (Å²) in [4.78, 5) is 0. The lowest BCUT2D eigenvalue weighted by Gasteiger charge is -1.99. The van der Waals surface area contributed by atoms with Crippen molar-refractivity contribution < 1.29 is 0 Å². The fourth-order valence-electron chi connectivity index (χ4n) is 0.705. The van der Waals surface area contributed by atoms with Gasteiger partial charge < -0.3 is 0 Å². The molecular formula is C9H16S2. The predicted octanol–water partition coefficient (Wildman–Crippen LogP) is 3.63. The highest BCUT2D eigenvalue weighted by Gasteiger charge is 1.97. The molecule has 0 bridgehead atoms. The summed E-state index contributed by atoms with van der Waals surface area (Å²) >= 11 is 9.01. The van der Waals surface area contributed by atoms with Gasteiger partial charge >= 0.3 is 0 Å². The third-order valence-corrected chi connectivity index (χ3v) is 2.32. The van der Waals surface area contributed by atoms with Crippen molar-refractivity contribution in [3.8, 4) is 0 Å². The third-order valence-electron chi connectivity index (χ3n) is 1.54. The molecule has 0 N–H and O–H groups in total. The van der Waals surface area contributed by atoms with Crippen LogP contribution in [0.5, 0.6) is 0 Å². The van der Waals surface area contributed by atoms with Gasteiger partial charge in [-0.05, 0) is 6.42 Å². The zero-order chi connectivity index (χ0) is 8.69. The number of hydrogen-bond acceptors (Lipinski definition) is 1. The molecule has 11 heavy (non-hydrogen) atoms. The molecule has 64 valence electrons. The van der Waals surface area contributed by atoms with Crippen LogP contribution >= 0.6 is 24.8 Å². The molecule has 1 unspecified atom stereocenters. The van der Waals surface area contributed by atoms with Gasteiger partial charge in [-0.1, -0.05) is 51.1 Å². The molecule has 0 spiro atoms. The molecule has 0 radical (unpaired) electrons. The molecule has 0 rings (SSSR count). The van der Waals surface area contributed by atoms with Gasteiger partial charge in [0.25, 0.3) is 0 Å². The molecule has 0 aliphatic carbocycles. The van der Waals surface area contributed by atoms with E-state index in [1.165, 1.54) is 12.8 Å². The van der Waals surface area contributed by atoms with Gasteiger partial charge in [0.15, 0.2) is 0 Å². The van der Waals surface area contributed by atoms with Crippen LogP contribution < -0.4 is 0 Å². The molecule has 0 heterocycles. The Labute approximate surface area is 80.5 Å². The molecule has 0 fully saturated rings. The summed E-state index contributed by atoms with van der Waals surface area (Å²) in [5.74, 6) is 0.338. The predicted molar refractivity (Wildman–Crippen MR) is 59.4 cm³/mol. The molecule has 2 heteroatoms. The monoisotopic (exact) mass is 188 g/mol. The second-order valence-electron chi connectivity index (χ2n) is 2.70. The average Bonchev–Trinajstić information content (AvgIpc) is 1.97. The summed E-state index contributed by atoms with van der Waals surface area (Å²) in [6.07, 6.45) is 8.01. The zero-order valence-electron chi connectivity index (χ0n) is 7.21. The van der Waals surface area contributed by atoms with E-state index in [0.29, 0.717) is 5.92 Å². The minimum absolute atomic E-state index is 0.338. The molecule has 0 aliphatic rings. The van der Waals surface area contributed by atoms with Crippen LogP contribution in [-0.4, -0.2) is 4.20 Å². The Kier molecular flexibility index (Phi) is 6.98. The van der Waals surface area contributed by atoms with Crippen LogP contribution in [0, 0.1) is 5.92 Å². The summed E-state index contributed by atoms with van der Waals surface area (Å²) in [6, 6.07) is 0. The Morgan fingerprint density at radius 1 is 1.64 bits per heavy atom. The molecular weight excluding hydrogens is 172 g/mol. The summed E-state index contributed by atoms with van der Waals surface area (Å²) < 4.78 is 0.776. The van der Waals surface area contributed by atoms with E-state index >= 15 is 0 Å². The molecule has 0 nitrogen and oxygen atoms in total. The first-order valence-electron chi connectivity index (χ1n) is 4.08. The van der Waals surface area contributed by atoms with E-state index in [-0.39, 0.29) is 0 Å². The normalized spacial score (nSPS) is 13.7. The van der Waals surface area contributed by atoms with Crippen molar-refractivity contribution in [3.63, 3.8) is 0 Å². The Hall–Kier alpha value is 0.180. The molecule has 0 aliphatic heterocycles. The molecule has 0 amide bonds. The lowest BCUT2D eigenvalue weighted by Crippen LogP contribution is -1.95. The van der Waals surface area contributed by atoms with E-state index in [1.54, 1.807) is 0 Å². The van der Waals surface area contributed by atoms with E-state index in [4.69, 9.17) is 12.2 Å². The lowest BCUT2D eigenvalue weighted by molar-refractivity contribution is 0.810. The number of allylic oxidation sites excluding steroid dienone is 2. The maximum Gasteiger partial charge on any atom is 0.0514 e. The van der Waals surface area contributed by atoms with Crippen LogP contribution in [0.25, 0.3) is 0 Å². The number of unbranched alkanes of at least 4 members (excludes halogenated alkanes) is 2. The minimum Gasteiger partial charge on any atom is -0.136 e. The van der Waals surface area contributed by atoms with Crippen LogP contribution in [0.2, 0.25) is 0 Å². The molecule has 1 atom stereocenters. The first-order chi connectivity index (χ1) is 5.18. The second kappa shape index (κ2) is 6.86. The van der Waals surface area contributed by atoms with E-state index < -0.39 is 0 Å². The fourth-order valence-corrected chi connectivity index (χ4v) is 0.869. The largest absolute Gasteiger partial charge is 0.136 e. The summed E-state index contributed by atoms with van der Waals surface area (Å²) in [5.41, 5.74) is 0. The molecule has 0 saturated carbocycles. The van der Waals surface area contributed by atoms with Crippen molar-refractivity contribution in [2.75, 3.05) is 0 Å². The molecule has 0 aromatic carbocycles. The molecule has 0 aromatic rings. The summed E-state index contributed by atoms with van der Waals surface area (Å²) in [7, 11) is 0. The Balaban J connectivity index is 3.48. The first kappa shape index (κ1) is 11.2. The van der Waals surface area contributed by atoms with Crippen molar-refractivity contribution in [1.82, 2.24) is 0 Å². The standard InChI is InChI=1S/C9H16S2/c1-3-4-5-6-7-8(2)9(10)11/h6-8H,3-5H2,1-2H3,(H,10,11)/b7-6+. The number of thiol groups is 1. The SMILES string of the molecule is CCCC/C=C/C(C)C(=S)S. The van der Waals surface area contributed by atoms with Gasteiger partial charge in [0.05, 0.1) is 4.20 Å². The van der Waals surface area contributed by atoms with Crippen molar-refractivity contribution in [1.29, 1.82) is 0 Å². The van der Waals surface area contributed by atoms with Crippen LogP contribution in [0.15, 0.2) is 12.2 Å². The van der Waals surface area contributed by atoms with Crippen LogP contribution in [-0.2, 0) is 0 Å². The maximum absolute atomic E-state index is 4.91. The fraction of sp³-hybridized carbons (Fsp3) is 0.667. The first-order valence-corrected chi connectivity index (χ1v) is 4.93. The minimum atomic E-state index is 0.338. The second-order valence-corrected chi connectivity index (χ2v) is 3.92. The zero-order valence-corrected chi connectivity index (χ0v) is 8.92. The van der Waals surface area contributed by atoms with Gasteiger partial charge in [-0.15, -0.1) is 12.6 Å². The van der Waals surface area contributed by atoms with Gasteiger partial charge in [0.1, 0.15) is 0 Å². The Morgan fingerprint density at radius 2 is 2.27 bits per heavy atom. The van der Waals surface area contributed by atoms with Gasteiger partial charge in [-0.2, -0.15) is 0 Å². The van der Waals surface area contributed by atoms with Gasteiger partial charge in [0, 0.05) is 5.92 Å². The highest BCUT2D eigenvalue weighted by Crippen LogP contribution is 2.06. The van der Waals surface area contributed by atoms with E-state index in [0.717, 1.165) is 10.6 Å². The molecule has 0 aromatic heterocycles. The lowest BCUT2D eigenvalue weighted by atomic mass is 10.1. The van der Waals surface area contributed by atoms with Crippen LogP contribution in [0.4, 0.5) is 0 Å². The van der Waals surface area contributed by atoms with Gasteiger partial charge in [-0.3, -0.25) is 0 Å². The smallest absolute Gasteiger partial charge is 0.0514 e. The number of thiocarbonyl (C=S) groups is 1. The number of hydrogen-bond donors (Lipinski definition) is 1. The van der Waals surface area contributed by atoms with Gasteiger partial charge in [0.2, 0.25) is 0 Å².